The van der Waals surface area contributed by atoms with Crippen molar-refractivity contribution in [2.75, 3.05) is 6.54 Å². The largest absolute Gasteiger partial charge is 0.338 e. The van der Waals surface area contributed by atoms with Crippen LogP contribution < -0.4 is 5.73 Å². The van der Waals surface area contributed by atoms with E-state index in [-0.39, 0.29) is 5.91 Å². The number of hydrogen-bond acceptors (Lipinski definition) is 2. The van der Waals surface area contributed by atoms with E-state index in [9.17, 15) is 4.79 Å². The molecule has 0 aromatic carbocycles. The first-order valence-corrected chi connectivity index (χ1v) is 6.13. The average Bonchev–Trinajstić information content (AvgIpc) is 3.00. The average molecular weight is 210 g/mol. The molecule has 0 aliphatic heterocycles. The molecule has 3 nitrogen and oxygen atoms in total. The second-order valence-corrected chi connectivity index (χ2v) is 5.57. The van der Waals surface area contributed by atoms with Gasteiger partial charge in [-0.25, -0.2) is 0 Å². The van der Waals surface area contributed by atoms with Gasteiger partial charge in [0, 0.05) is 12.6 Å². The van der Waals surface area contributed by atoms with Crippen molar-refractivity contribution >= 4 is 5.91 Å². The van der Waals surface area contributed by atoms with E-state index in [2.05, 4.69) is 13.8 Å². The van der Waals surface area contributed by atoms with Gasteiger partial charge in [-0.1, -0.05) is 13.8 Å². The minimum Gasteiger partial charge on any atom is -0.338 e. The zero-order chi connectivity index (χ0) is 11.1. The number of hydrogen-bond donors (Lipinski definition) is 1. The molecule has 15 heavy (non-hydrogen) atoms. The Morgan fingerprint density at radius 2 is 2.07 bits per heavy atom. The van der Waals surface area contributed by atoms with Gasteiger partial charge in [-0.2, -0.15) is 0 Å². The number of carbonyl (C=O) groups is 1. The number of rotatable bonds is 5. The minimum atomic E-state index is -0.473. The molecule has 0 aromatic heterocycles. The topological polar surface area (TPSA) is 46.3 Å². The monoisotopic (exact) mass is 210 g/mol. The van der Waals surface area contributed by atoms with Gasteiger partial charge < -0.3 is 10.6 Å². The highest BCUT2D eigenvalue weighted by Crippen LogP contribution is 2.38. The van der Waals surface area contributed by atoms with Crippen molar-refractivity contribution in [2.24, 2.45) is 11.7 Å². The molecule has 2 aliphatic carbocycles. The van der Waals surface area contributed by atoms with Crippen molar-refractivity contribution in [1.82, 2.24) is 4.90 Å². The van der Waals surface area contributed by atoms with Crippen LogP contribution in [0.3, 0.4) is 0 Å². The van der Waals surface area contributed by atoms with E-state index in [1.165, 1.54) is 12.8 Å². The molecule has 0 aromatic rings. The molecule has 1 amide bonds. The second kappa shape index (κ2) is 3.78. The van der Waals surface area contributed by atoms with E-state index in [1.54, 1.807) is 0 Å². The number of carbonyl (C=O) groups excluding carboxylic acids is 1. The summed E-state index contributed by atoms with van der Waals surface area (Å²) in [5.41, 5.74) is 5.50. The molecule has 2 N–H and O–H groups in total. The van der Waals surface area contributed by atoms with Crippen molar-refractivity contribution in [3.63, 3.8) is 0 Å². The third kappa shape index (κ3) is 2.51. The maximum absolute atomic E-state index is 12.1. The van der Waals surface area contributed by atoms with Crippen molar-refractivity contribution in [3.05, 3.63) is 0 Å². The summed E-state index contributed by atoms with van der Waals surface area (Å²) < 4.78 is 0. The molecule has 2 saturated carbocycles. The van der Waals surface area contributed by atoms with Gasteiger partial charge in [0.25, 0.3) is 0 Å². The fraction of sp³-hybridized carbons (Fsp3) is 0.917. The highest BCUT2D eigenvalue weighted by Gasteiger charge is 2.50. The third-order valence-electron chi connectivity index (χ3n) is 3.41. The Morgan fingerprint density at radius 3 is 2.47 bits per heavy atom. The number of amides is 1. The smallest absolute Gasteiger partial charge is 0.242 e. The first-order chi connectivity index (χ1) is 7.03. The van der Waals surface area contributed by atoms with Crippen LogP contribution in [0.15, 0.2) is 0 Å². The lowest BCUT2D eigenvalue weighted by Gasteiger charge is -2.26. The van der Waals surface area contributed by atoms with Crippen molar-refractivity contribution in [1.29, 1.82) is 0 Å². The molecular formula is C12H22N2O. The van der Waals surface area contributed by atoms with Gasteiger partial charge in [0.05, 0.1) is 5.54 Å². The molecule has 0 bridgehead atoms. The molecule has 0 spiro atoms. The summed E-state index contributed by atoms with van der Waals surface area (Å²) in [6, 6.07) is 0.511. The van der Waals surface area contributed by atoms with Crippen molar-refractivity contribution in [2.45, 2.75) is 57.5 Å². The Hall–Kier alpha value is -0.570. The molecule has 2 aliphatic rings. The lowest BCUT2D eigenvalue weighted by Crippen LogP contribution is -2.47. The Balaban J connectivity index is 1.90. The molecule has 3 heteroatoms. The molecule has 0 unspecified atom stereocenters. The molecule has 0 saturated heterocycles. The SMILES string of the molecule is CC(C)CCN(C(=O)C1(N)CC1)C1CC1. The van der Waals surface area contributed by atoms with E-state index >= 15 is 0 Å². The summed E-state index contributed by atoms with van der Waals surface area (Å²) in [4.78, 5) is 14.2. The Labute approximate surface area is 92.0 Å². The van der Waals surface area contributed by atoms with Crippen LogP contribution in [0.5, 0.6) is 0 Å². The van der Waals surface area contributed by atoms with Gasteiger partial charge in [-0.15, -0.1) is 0 Å². The minimum absolute atomic E-state index is 0.214. The van der Waals surface area contributed by atoms with Crippen LogP contribution >= 0.6 is 0 Å². The fourth-order valence-corrected chi connectivity index (χ4v) is 1.87. The maximum atomic E-state index is 12.1. The van der Waals surface area contributed by atoms with E-state index in [0.29, 0.717) is 12.0 Å². The third-order valence-corrected chi connectivity index (χ3v) is 3.41. The Bertz CT molecular complexity index is 254. The van der Waals surface area contributed by atoms with Crippen LogP contribution in [0.1, 0.15) is 46.0 Å². The Kier molecular flexibility index (Phi) is 2.75. The predicted molar refractivity (Wildman–Crippen MR) is 60.3 cm³/mol. The zero-order valence-electron chi connectivity index (χ0n) is 9.83. The van der Waals surface area contributed by atoms with Crippen LogP contribution in [0, 0.1) is 5.92 Å². The number of nitrogens with two attached hydrogens (primary N) is 1. The molecule has 2 fully saturated rings. The molecule has 0 radical (unpaired) electrons. The first-order valence-electron chi connectivity index (χ1n) is 6.13. The second-order valence-electron chi connectivity index (χ2n) is 5.57. The number of nitrogens with zero attached hydrogens (tertiary/aromatic N) is 1. The van der Waals surface area contributed by atoms with E-state index < -0.39 is 5.54 Å². The van der Waals surface area contributed by atoms with Crippen LogP contribution in [-0.2, 0) is 4.79 Å². The van der Waals surface area contributed by atoms with Crippen molar-refractivity contribution < 1.29 is 4.79 Å². The van der Waals surface area contributed by atoms with Crippen molar-refractivity contribution in [3.8, 4) is 0 Å². The van der Waals surface area contributed by atoms with Gasteiger partial charge in [0.2, 0.25) is 5.91 Å². The van der Waals surface area contributed by atoms with E-state index in [1.807, 2.05) is 4.90 Å². The van der Waals surface area contributed by atoms with E-state index in [4.69, 9.17) is 5.73 Å². The lowest BCUT2D eigenvalue weighted by molar-refractivity contribution is -0.134. The fourth-order valence-electron chi connectivity index (χ4n) is 1.87. The molecule has 86 valence electrons. The summed E-state index contributed by atoms with van der Waals surface area (Å²) in [6.07, 6.45) is 5.23. The molecular weight excluding hydrogens is 188 g/mol. The van der Waals surface area contributed by atoms with E-state index in [0.717, 1.165) is 25.8 Å². The summed E-state index contributed by atoms with van der Waals surface area (Å²) in [5, 5.41) is 0. The summed E-state index contributed by atoms with van der Waals surface area (Å²) in [7, 11) is 0. The first kappa shape index (κ1) is 10.9. The van der Waals surface area contributed by atoms with Gasteiger partial charge in [0.1, 0.15) is 0 Å². The van der Waals surface area contributed by atoms with Crippen LogP contribution in [0.25, 0.3) is 0 Å². The summed E-state index contributed by atoms with van der Waals surface area (Å²) in [6.45, 7) is 5.30. The van der Waals surface area contributed by atoms with Crippen LogP contribution in [-0.4, -0.2) is 28.9 Å². The predicted octanol–water partition coefficient (Wildman–Crippen LogP) is 1.51. The summed E-state index contributed by atoms with van der Waals surface area (Å²) in [5.74, 6) is 0.873. The highest BCUT2D eigenvalue weighted by atomic mass is 16.2. The van der Waals surface area contributed by atoms with Gasteiger partial charge in [-0.05, 0) is 38.0 Å². The molecule has 2 rings (SSSR count). The van der Waals surface area contributed by atoms with Gasteiger partial charge >= 0.3 is 0 Å². The lowest BCUT2D eigenvalue weighted by atomic mass is 10.1. The van der Waals surface area contributed by atoms with Crippen LogP contribution in [0.4, 0.5) is 0 Å². The quantitative estimate of drug-likeness (QED) is 0.747. The van der Waals surface area contributed by atoms with Crippen LogP contribution in [0.2, 0.25) is 0 Å². The van der Waals surface area contributed by atoms with Gasteiger partial charge in [-0.3, -0.25) is 4.79 Å². The maximum Gasteiger partial charge on any atom is 0.242 e. The molecule has 0 atom stereocenters. The normalized spacial score (nSPS) is 22.9. The van der Waals surface area contributed by atoms with Gasteiger partial charge in [0.15, 0.2) is 0 Å². The molecule has 0 heterocycles. The Morgan fingerprint density at radius 1 is 1.47 bits per heavy atom. The zero-order valence-corrected chi connectivity index (χ0v) is 9.83. The highest BCUT2D eigenvalue weighted by molar-refractivity contribution is 5.89. The summed E-state index contributed by atoms with van der Waals surface area (Å²) >= 11 is 0. The standard InChI is InChI=1S/C12H22N2O/c1-9(2)5-8-14(10-3-4-10)11(15)12(13)6-7-12/h9-10H,3-8,13H2,1-2H3.